The van der Waals surface area contributed by atoms with Gasteiger partial charge in [-0.25, -0.2) is 4.39 Å². The van der Waals surface area contributed by atoms with Gasteiger partial charge in [0.1, 0.15) is 11.6 Å². The van der Waals surface area contributed by atoms with Crippen molar-refractivity contribution in [2.24, 2.45) is 28.6 Å². The molecule has 9 atom stereocenters. The van der Waals surface area contributed by atoms with Crippen LogP contribution < -0.4 is 4.74 Å². The smallest absolute Gasteiger partial charge is 0.225 e. The Morgan fingerprint density at radius 3 is 2.87 bits per heavy atom. The summed E-state index contributed by atoms with van der Waals surface area (Å²) in [5.74, 6) is -0.326. The number of nitriles is 1. The minimum atomic E-state index is -1.45. The van der Waals surface area contributed by atoms with E-state index in [1.807, 2.05) is 19.1 Å². The van der Waals surface area contributed by atoms with Crippen LogP contribution in [0, 0.1) is 45.7 Å². The third-order valence-electron chi connectivity index (χ3n) is 10.3. The van der Waals surface area contributed by atoms with Crippen molar-refractivity contribution in [1.29, 1.82) is 5.26 Å². The summed E-state index contributed by atoms with van der Waals surface area (Å²) < 4.78 is 33.1. The molecule has 1 heterocycles. The normalized spacial score (nSPS) is 42.1. The number of aliphatic hydroxyl groups is 1. The van der Waals surface area contributed by atoms with E-state index in [-0.39, 0.29) is 40.0 Å². The third kappa shape index (κ3) is 3.65. The maximum absolute atomic E-state index is 15.1. The zero-order valence-corrected chi connectivity index (χ0v) is 23.0. The molecule has 0 radical (unpaired) electrons. The van der Waals surface area contributed by atoms with E-state index < -0.39 is 40.7 Å². The van der Waals surface area contributed by atoms with Gasteiger partial charge in [-0.2, -0.15) is 5.26 Å². The molecule has 1 aromatic rings. The third-order valence-corrected chi connectivity index (χ3v) is 11.1. The number of hydrogen-bond acceptors (Lipinski definition) is 8. The number of halogens is 1. The van der Waals surface area contributed by atoms with Crippen LogP contribution in [0.1, 0.15) is 51.4 Å². The number of ketones is 1. The van der Waals surface area contributed by atoms with Crippen molar-refractivity contribution in [3.05, 3.63) is 53.4 Å². The summed E-state index contributed by atoms with van der Waals surface area (Å²) in [5, 5.41) is 20.7. The molecule has 4 fully saturated rings. The molecule has 0 aromatic heterocycles. The summed E-state index contributed by atoms with van der Waals surface area (Å²) in [6, 6.07) is 6.44. The number of carbonyl (C=O) groups is 2. The minimum absolute atomic E-state index is 0.00592. The first kappa shape index (κ1) is 26.7. The average Bonchev–Trinajstić information content (AvgIpc) is 3.40. The van der Waals surface area contributed by atoms with Gasteiger partial charge < -0.3 is 19.3 Å². The molecule has 1 aromatic carbocycles. The van der Waals surface area contributed by atoms with Crippen molar-refractivity contribution in [1.82, 2.24) is 0 Å². The molecule has 9 heteroatoms. The van der Waals surface area contributed by atoms with Crippen molar-refractivity contribution < 1.29 is 33.3 Å². The van der Waals surface area contributed by atoms with Crippen LogP contribution in [0.3, 0.4) is 0 Å². The first-order chi connectivity index (χ1) is 18.6. The molecule has 1 saturated heterocycles. The Hall–Kier alpha value is -2.51. The highest BCUT2D eigenvalue weighted by molar-refractivity contribution is 8.14. The van der Waals surface area contributed by atoms with Crippen LogP contribution >= 0.6 is 11.8 Å². The Bertz CT molecular complexity index is 1340. The molecule has 0 spiro atoms. The maximum Gasteiger partial charge on any atom is 0.225 e. The van der Waals surface area contributed by atoms with E-state index in [4.69, 9.17) is 14.2 Å². The first-order valence-corrected chi connectivity index (χ1v) is 14.4. The number of ether oxygens (including phenoxy) is 3. The van der Waals surface area contributed by atoms with Gasteiger partial charge in [-0.05, 0) is 61.8 Å². The van der Waals surface area contributed by atoms with Crippen LogP contribution in [0.25, 0.3) is 0 Å². The number of fused-ring (bicyclic) bond motifs is 7. The van der Waals surface area contributed by atoms with Crippen molar-refractivity contribution >= 4 is 22.7 Å². The molecule has 1 N–H and O–H groups in total. The van der Waals surface area contributed by atoms with Crippen LogP contribution in [0.2, 0.25) is 0 Å². The highest BCUT2D eigenvalue weighted by Crippen LogP contribution is 2.71. The predicted octanol–water partition coefficient (Wildman–Crippen LogP) is 4.66. The Kier molecular flexibility index (Phi) is 6.35. The highest BCUT2D eigenvalue weighted by Gasteiger charge is 2.76. The predicted molar refractivity (Wildman–Crippen MR) is 141 cm³/mol. The second-order valence-electron chi connectivity index (χ2n) is 11.9. The van der Waals surface area contributed by atoms with Crippen LogP contribution in [-0.4, -0.2) is 46.7 Å². The molecular formula is C30H32FNO6S. The summed E-state index contributed by atoms with van der Waals surface area (Å²) in [6.45, 7) is 4.09. The van der Waals surface area contributed by atoms with Crippen LogP contribution in [-0.2, 0) is 19.1 Å². The minimum Gasteiger partial charge on any atom is -0.497 e. The lowest BCUT2D eigenvalue weighted by Gasteiger charge is -2.59. The fourth-order valence-electron chi connectivity index (χ4n) is 8.59. The molecule has 1 unspecified atom stereocenters. The van der Waals surface area contributed by atoms with Crippen molar-refractivity contribution in [3.8, 4) is 11.8 Å². The Balaban J connectivity index is 1.40. The van der Waals surface area contributed by atoms with Crippen molar-refractivity contribution in [3.63, 3.8) is 0 Å². The molecule has 1 aliphatic heterocycles. The van der Waals surface area contributed by atoms with Gasteiger partial charge in [-0.1, -0.05) is 37.3 Å². The lowest BCUT2D eigenvalue weighted by atomic mass is 9.46. The molecule has 39 heavy (non-hydrogen) atoms. The highest BCUT2D eigenvalue weighted by atomic mass is 32.2. The quantitative estimate of drug-likeness (QED) is 0.574. The number of aliphatic hydroxyl groups excluding tert-OH is 1. The summed E-state index contributed by atoms with van der Waals surface area (Å²) in [7, 11) is 1.45. The average molecular weight is 554 g/mol. The number of allylic oxidation sites excluding steroid dienone is 4. The first-order valence-electron chi connectivity index (χ1n) is 13.4. The fourth-order valence-corrected chi connectivity index (χ4v) is 9.41. The molecule has 0 bridgehead atoms. The number of nitrogens with zero attached hydrogens (tertiary/aromatic N) is 1. The molecular weight excluding hydrogens is 521 g/mol. The lowest BCUT2D eigenvalue weighted by Crippen LogP contribution is -2.62. The van der Waals surface area contributed by atoms with Gasteiger partial charge in [0.15, 0.2) is 17.7 Å². The van der Waals surface area contributed by atoms with Crippen molar-refractivity contribution in [2.45, 2.75) is 63.6 Å². The van der Waals surface area contributed by atoms with Gasteiger partial charge in [0.25, 0.3) is 0 Å². The van der Waals surface area contributed by atoms with Gasteiger partial charge in [-0.15, -0.1) is 0 Å². The second-order valence-corrected chi connectivity index (χ2v) is 12.8. The van der Waals surface area contributed by atoms with E-state index in [0.717, 1.165) is 30.2 Å². The molecule has 3 saturated carbocycles. The Morgan fingerprint density at radius 1 is 1.36 bits per heavy atom. The lowest BCUT2D eigenvalue weighted by molar-refractivity contribution is -0.195. The van der Waals surface area contributed by atoms with Gasteiger partial charge >= 0.3 is 0 Å². The number of carbonyl (C=O) groups excluding carboxylic acids is 2. The number of benzene rings is 1. The zero-order chi connectivity index (χ0) is 27.7. The Labute approximate surface area is 231 Å². The zero-order valence-electron chi connectivity index (χ0n) is 22.2. The van der Waals surface area contributed by atoms with Gasteiger partial charge in [0.2, 0.25) is 5.12 Å². The fraction of sp³-hybridized carbons (Fsp3) is 0.567. The number of methoxy groups -OCH3 is 1. The maximum atomic E-state index is 15.1. The monoisotopic (exact) mass is 553 g/mol. The van der Waals surface area contributed by atoms with E-state index in [1.165, 1.54) is 13.2 Å². The van der Waals surface area contributed by atoms with E-state index in [0.29, 0.717) is 18.6 Å². The molecule has 7 nitrogen and oxygen atoms in total. The van der Waals surface area contributed by atoms with Crippen LogP contribution in [0.5, 0.6) is 5.75 Å². The van der Waals surface area contributed by atoms with Crippen molar-refractivity contribution in [2.75, 3.05) is 12.9 Å². The van der Waals surface area contributed by atoms with Gasteiger partial charge in [-0.3, -0.25) is 9.59 Å². The topological polar surface area (TPSA) is 106 Å². The summed E-state index contributed by atoms with van der Waals surface area (Å²) >= 11 is 0.893. The second kappa shape index (κ2) is 9.27. The van der Waals surface area contributed by atoms with Gasteiger partial charge in [0.05, 0.1) is 31.1 Å². The number of hydrogen-bond donors (Lipinski definition) is 1. The Morgan fingerprint density at radius 2 is 2.15 bits per heavy atom. The molecule has 0 amide bonds. The number of rotatable bonds is 4. The largest absolute Gasteiger partial charge is 0.497 e. The van der Waals surface area contributed by atoms with Crippen LogP contribution in [0.15, 0.2) is 42.0 Å². The molecule has 6 rings (SSSR count). The number of thioether (sulfide) groups is 1. The summed E-state index contributed by atoms with van der Waals surface area (Å²) in [5.41, 5.74) is -1.47. The summed E-state index contributed by atoms with van der Waals surface area (Å²) in [4.78, 5) is 26.1. The SMILES string of the molecule is COc1ccc(C2O[C@@H]3C[C@H]4[C@@H]5CCC6=CC(=O)C=C[C@]6(C)[C@H]5[C@@H](O)C[C@]4(C)[C@]3(C(=O)SCC#N)O2)c(F)c1. The van der Waals surface area contributed by atoms with Crippen LogP contribution in [0.4, 0.5) is 4.39 Å². The molecule has 5 aliphatic rings. The van der Waals surface area contributed by atoms with E-state index in [1.54, 1.807) is 24.3 Å². The molecule has 4 aliphatic carbocycles. The molecule has 206 valence electrons. The van der Waals surface area contributed by atoms with E-state index in [2.05, 4.69) is 6.92 Å². The standard InChI is InChI=1S/C30H32FNO6S/c1-28-9-8-17(33)12-16(28)4-6-19-21-14-24-30(27(35)39-11-10-32,29(21,2)15-23(34)25(19)28)38-26(37-24)20-7-5-18(36-3)13-22(20)31/h5,7-9,12-13,19,21,23-26,34H,4,6,11,14-15H2,1-3H3/t19-,21-,23-,24+,25+,26?,28-,29-,30-/m0/s1. The van der Waals surface area contributed by atoms with E-state index in [9.17, 15) is 20.0 Å². The van der Waals surface area contributed by atoms with Gasteiger partial charge in [0, 0.05) is 28.4 Å². The summed E-state index contributed by atoms with van der Waals surface area (Å²) in [6.07, 6.45) is 5.07. The van der Waals surface area contributed by atoms with E-state index >= 15 is 4.39 Å².